The normalized spacial score (nSPS) is 11.7. The molecular formula is C26H22N4O4. The summed E-state index contributed by atoms with van der Waals surface area (Å²) in [6.45, 7) is 1.66. The molecule has 3 aromatic carbocycles. The molecule has 170 valence electrons. The van der Waals surface area contributed by atoms with Gasteiger partial charge in [-0.1, -0.05) is 72.3 Å². The molecule has 8 heteroatoms. The van der Waals surface area contributed by atoms with Gasteiger partial charge in [-0.2, -0.15) is 0 Å². The van der Waals surface area contributed by atoms with Gasteiger partial charge in [0.15, 0.2) is 12.4 Å². The Morgan fingerprint density at radius 1 is 0.971 bits per heavy atom. The second kappa shape index (κ2) is 8.24. The summed E-state index contributed by atoms with van der Waals surface area (Å²) in [6.07, 6.45) is 0. The van der Waals surface area contributed by atoms with Gasteiger partial charge >= 0.3 is 5.97 Å². The van der Waals surface area contributed by atoms with E-state index in [4.69, 9.17) is 4.74 Å². The summed E-state index contributed by atoms with van der Waals surface area (Å²) in [7, 11) is 1.62. The smallest absolute Gasteiger partial charge is 0.348 e. The number of fused-ring (bicyclic) bond motifs is 3. The number of aryl methyl sites for hydroxylation is 2. The van der Waals surface area contributed by atoms with Crippen molar-refractivity contribution in [3.05, 3.63) is 112 Å². The van der Waals surface area contributed by atoms with Crippen LogP contribution in [0.5, 0.6) is 0 Å². The summed E-state index contributed by atoms with van der Waals surface area (Å²) >= 11 is 0. The third kappa shape index (κ3) is 3.36. The van der Waals surface area contributed by atoms with Crippen LogP contribution in [0.4, 0.5) is 0 Å². The molecule has 0 radical (unpaired) electrons. The van der Waals surface area contributed by atoms with Crippen LogP contribution >= 0.6 is 0 Å². The Morgan fingerprint density at radius 2 is 1.59 bits per heavy atom. The first-order valence-electron chi connectivity index (χ1n) is 10.8. The Kier molecular flexibility index (Phi) is 5.22. The lowest BCUT2D eigenvalue weighted by atomic mass is 9.86. The molecule has 1 N–H and O–H groups in total. The first-order chi connectivity index (χ1) is 16.4. The topological polar surface area (TPSA) is 98.7 Å². The largest absolute Gasteiger partial charge is 0.455 e. The van der Waals surface area contributed by atoms with E-state index in [0.29, 0.717) is 33.6 Å². The van der Waals surface area contributed by atoms with Crippen molar-refractivity contribution in [2.45, 2.75) is 19.1 Å². The number of aromatic nitrogens is 4. The first kappa shape index (κ1) is 21.5. The molecule has 0 saturated carbocycles. The predicted octanol–water partition coefficient (Wildman–Crippen LogP) is 2.87. The number of hydrogen-bond acceptors (Lipinski definition) is 6. The van der Waals surface area contributed by atoms with Crippen molar-refractivity contribution in [2.75, 3.05) is 0 Å². The highest BCUT2D eigenvalue weighted by atomic mass is 16.5. The summed E-state index contributed by atoms with van der Waals surface area (Å²) in [5.41, 5.74) is 0.141. The average molecular weight is 454 g/mol. The summed E-state index contributed by atoms with van der Waals surface area (Å²) in [4.78, 5) is 26.1. The lowest BCUT2D eigenvalue weighted by molar-refractivity contribution is -0.163. The van der Waals surface area contributed by atoms with Gasteiger partial charge < -0.3 is 9.84 Å². The monoisotopic (exact) mass is 454 g/mol. The second-order valence-electron chi connectivity index (χ2n) is 8.16. The van der Waals surface area contributed by atoms with Crippen LogP contribution in [0.25, 0.3) is 16.7 Å². The van der Waals surface area contributed by atoms with E-state index in [0.717, 1.165) is 5.56 Å². The minimum absolute atomic E-state index is 0.190. The number of carbonyl (C=O) groups is 1. The highest BCUT2D eigenvalue weighted by Crippen LogP contribution is 2.31. The van der Waals surface area contributed by atoms with Crippen molar-refractivity contribution in [1.29, 1.82) is 0 Å². The Morgan fingerprint density at radius 3 is 2.21 bits per heavy atom. The van der Waals surface area contributed by atoms with Gasteiger partial charge in [-0.3, -0.25) is 13.8 Å². The second-order valence-corrected chi connectivity index (χ2v) is 8.16. The van der Waals surface area contributed by atoms with Crippen molar-refractivity contribution >= 4 is 22.6 Å². The molecule has 0 atom stereocenters. The van der Waals surface area contributed by atoms with E-state index in [1.54, 1.807) is 78.2 Å². The zero-order valence-corrected chi connectivity index (χ0v) is 18.7. The molecule has 2 heterocycles. The maximum absolute atomic E-state index is 13.3. The highest BCUT2D eigenvalue weighted by Gasteiger charge is 2.41. The van der Waals surface area contributed by atoms with Crippen molar-refractivity contribution in [1.82, 2.24) is 19.2 Å². The molecule has 0 amide bonds. The van der Waals surface area contributed by atoms with E-state index in [9.17, 15) is 14.7 Å². The summed E-state index contributed by atoms with van der Waals surface area (Å²) in [5, 5.41) is 20.4. The van der Waals surface area contributed by atoms with Crippen LogP contribution in [0.15, 0.2) is 83.7 Å². The number of esters is 1. The van der Waals surface area contributed by atoms with Crippen molar-refractivity contribution in [2.24, 2.45) is 7.05 Å². The molecule has 8 nitrogen and oxygen atoms in total. The predicted molar refractivity (Wildman–Crippen MR) is 126 cm³/mol. The third-order valence-electron chi connectivity index (χ3n) is 5.95. The van der Waals surface area contributed by atoms with Gasteiger partial charge in [0.05, 0.1) is 10.9 Å². The summed E-state index contributed by atoms with van der Waals surface area (Å²) < 4.78 is 8.71. The van der Waals surface area contributed by atoms with E-state index in [1.165, 1.54) is 4.57 Å². The number of benzene rings is 3. The van der Waals surface area contributed by atoms with E-state index in [1.807, 2.05) is 19.1 Å². The van der Waals surface area contributed by atoms with Gasteiger partial charge in [-0.05, 0) is 30.2 Å². The minimum Gasteiger partial charge on any atom is -0.455 e. The number of ether oxygens (including phenoxy) is 1. The quantitative estimate of drug-likeness (QED) is 0.410. The molecule has 2 aromatic heterocycles. The fourth-order valence-electron chi connectivity index (χ4n) is 4.15. The van der Waals surface area contributed by atoms with Crippen LogP contribution in [-0.2, 0) is 28.8 Å². The molecule has 0 saturated heterocycles. The standard InChI is InChI=1S/C26H22N4O4/c1-17-13-14-21-20(15-17)23(31)29(2)25-28-27-22(30(21)25)16-34-24(32)26(33,18-9-5-3-6-10-18)19-11-7-4-8-12-19/h3-15,33H,16H2,1-2H3. The SMILES string of the molecule is Cc1ccc2c(c1)c(=O)n(C)c1nnc(COC(=O)C(O)(c3ccccc3)c3ccccc3)n21. The molecule has 0 aliphatic carbocycles. The van der Waals surface area contributed by atoms with Crippen LogP contribution in [0.2, 0.25) is 0 Å². The molecule has 0 bridgehead atoms. The average Bonchev–Trinajstić information content (AvgIpc) is 3.30. The first-order valence-corrected chi connectivity index (χ1v) is 10.8. The fraction of sp³-hybridized carbons (Fsp3) is 0.154. The molecule has 0 unspecified atom stereocenters. The van der Waals surface area contributed by atoms with Crippen molar-refractivity contribution in [3.8, 4) is 0 Å². The third-order valence-corrected chi connectivity index (χ3v) is 5.95. The lowest BCUT2D eigenvalue weighted by Crippen LogP contribution is -2.38. The van der Waals surface area contributed by atoms with Crippen LogP contribution in [0.1, 0.15) is 22.5 Å². The molecule has 5 aromatic rings. The molecule has 34 heavy (non-hydrogen) atoms. The minimum atomic E-state index is -2.00. The molecular weight excluding hydrogens is 432 g/mol. The number of rotatable bonds is 5. The van der Waals surface area contributed by atoms with Gasteiger partial charge in [0, 0.05) is 7.05 Å². The molecule has 0 aliphatic rings. The van der Waals surface area contributed by atoms with Gasteiger partial charge in [0.2, 0.25) is 11.4 Å². The summed E-state index contributed by atoms with van der Waals surface area (Å²) in [6, 6.07) is 22.8. The van der Waals surface area contributed by atoms with Crippen LogP contribution in [0, 0.1) is 6.92 Å². The fourth-order valence-corrected chi connectivity index (χ4v) is 4.15. The van der Waals surface area contributed by atoms with Crippen molar-refractivity contribution in [3.63, 3.8) is 0 Å². The Balaban J connectivity index is 1.56. The maximum Gasteiger partial charge on any atom is 0.348 e. The van der Waals surface area contributed by atoms with E-state index < -0.39 is 11.6 Å². The van der Waals surface area contributed by atoms with Crippen molar-refractivity contribution < 1.29 is 14.6 Å². The highest BCUT2D eigenvalue weighted by molar-refractivity contribution is 5.85. The van der Waals surface area contributed by atoms with Gasteiger partial charge in [-0.25, -0.2) is 4.79 Å². The Hall–Kier alpha value is -4.30. The van der Waals surface area contributed by atoms with E-state index in [2.05, 4.69) is 10.2 Å². The van der Waals surface area contributed by atoms with Crippen LogP contribution in [0.3, 0.4) is 0 Å². The molecule has 0 fully saturated rings. The maximum atomic E-state index is 13.3. The number of nitrogens with zero attached hydrogens (tertiary/aromatic N) is 4. The zero-order valence-electron chi connectivity index (χ0n) is 18.7. The van der Waals surface area contributed by atoms with Gasteiger partial charge in [0.25, 0.3) is 5.56 Å². The number of hydrogen-bond donors (Lipinski definition) is 1. The van der Waals surface area contributed by atoms with Gasteiger partial charge in [0.1, 0.15) is 0 Å². The van der Waals surface area contributed by atoms with Crippen LogP contribution in [-0.4, -0.2) is 30.2 Å². The lowest BCUT2D eigenvalue weighted by Gasteiger charge is -2.26. The molecule has 0 aliphatic heterocycles. The number of aliphatic hydroxyl groups is 1. The van der Waals surface area contributed by atoms with Gasteiger partial charge in [-0.15, -0.1) is 10.2 Å². The van der Waals surface area contributed by atoms with E-state index in [-0.39, 0.29) is 12.2 Å². The van der Waals surface area contributed by atoms with E-state index >= 15 is 0 Å². The number of carbonyl (C=O) groups excluding carboxylic acids is 1. The Labute approximate surface area is 194 Å². The zero-order chi connectivity index (χ0) is 23.9. The Bertz CT molecular complexity index is 1530. The molecule has 0 spiro atoms. The molecule has 5 rings (SSSR count). The van der Waals surface area contributed by atoms with Crippen LogP contribution < -0.4 is 5.56 Å². The summed E-state index contributed by atoms with van der Waals surface area (Å²) in [5.74, 6) is -0.184.